The zero-order valence-corrected chi connectivity index (χ0v) is 17.2. The number of ketones is 2. The smallest absolute Gasteiger partial charge is 0.277 e. The number of nitrogens with zero attached hydrogens (tertiary/aromatic N) is 2. The number of Topliss-reactive ketones (excluding diaryl/α,β-unsaturated/α-hetero) is 2. The summed E-state index contributed by atoms with van der Waals surface area (Å²) in [5.41, 5.74) is 5.94. The second-order valence-electron chi connectivity index (χ2n) is 7.17. The minimum absolute atomic E-state index is 0.0858. The molecule has 3 N–H and O–H groups in total. The van der Waals surface area contributed by atoms with Crippen LogP contribution in [0.3, 0.4) is 0 Å². The van der Waals surface area contributed by atoms with Crippen molar-refractivity contribution in [3.8, 4) is 11.4 Å². The molecule has 1 unspecified atom stereocenters. The van der Waals surface area contributed by atoms with Gasteiger partial charge in [-0.15, -0.1) is 0 Å². The second-order valence-corrected chi connectivity index (χ2v) is 7.17. The second kappa shape index (κ2) is 9.78. The molecule has 0 fully saturated rings. The van der Waals surface area contributed by atoms with Crippen LogP contribution in [0.15, 0.2) is 65.6 Å². The molecular weight excluding hydrogens is 415 g/mol. The third kappa shape index (κ3) is 5.31. The topological polar surface area (TPSA) is 124 Å². The summed E-state index contributed by atoms with van der Waals surface area (Å²) in [4.78, 5) is 53.6. The Bertz CT molecular complexity index is 1220. The lowest BCUT2D eigenvalue weighted by Crippen LogP contribution is -2.47. The predicted octanol–water partition coefficient (Wildman–Crippen LogP) is 1.52. The van der Waals surface area contributed by atoms with E-state index in [2.05, 4.69) is 10.3 Å². The van der Waals surface area contributed by atoms with Gasteiger partial charge in [-0.2, -0.15) is 0 Å². The molecule has 1 atom stereocenters. The number of rotatable bonds is 8. The van der Waals surface area contributed by atoms with E-state index in [4.69, 9.17) is 5.73 Å². The third-order valence-electron chi connectivity index (χ3n) is 4.73. The number of carbonyl (C=O) groups excluding carboxylic acids is 3. The molecule has 1 aromatic heterocycles. The molecule has 1 heterocycles. The first kappa shape index (κ1) is 22.5. The van der Waals surface area contributed by atoms with Gasteiger partial charge in [0.05, 0.1) is 12.2 Å². The Balaban J connectivity index is 1.88. The van der Waals surface area contributed by atoms with Gasteiger partial charge in [-0.05, 0) is 17.7 Å². The van der Waals surface area contributed by atoms with Gasteiger partial charge in [0.15, 0.2) is 5.78 Å². The van der Waals surface area contributed by atoms with Gasteiger partial charge < -0.3 is 11.1 Å². The molecule has 3 rings (SSSR count). The summed E-state index contributed by atoms with van der Waals surface area (Å²) in [6.45, 7) is 0.610. The Hall–Kier alpha value is -4.14. The lowest BCUT2D eigenvalue weighted by molar-refractivity contribution is -0.137. The molecule has 1 amide bonds. The Morgan fingerprint density at radius 2 is 1.84 bits per heavy atom. The Labute approximate surface area is 182 Å². The van der Waals surface area contributed by atoms with Crippen molar-refractivity contribution in [2.24, 2.45) is 0 Å². The summed E-state index contributed by atoms with van der Waals surface area (Å²) in [5.74, 6) is -2.57. The van der Waals surface area contributed by atoms with Crippen molar-refractivity contribution >= 4 is 23.2 Å². The molecule has 0 saturated carbocycles. The maximum atomic E-state index is 13.5. The van der Waals surface area contributed by atoms with Crippen molar-refractivity contribution in [2.75, 3.05) is 5.73 Å². The van der Waals surface area contributed by atoms with Crippen LogP contribution < -0.4 is 16.6 Å². The maximum Gasteiger partial charge on any atom is 0.277 e. The summed E-state index contributed by atoms with van der Waals surface area (Å²) in [7, 11) is 0. The van der Waals surface area contributed by atoms with Gasteiger partial charge in [-0.1, -0.05) is 42.5 Å². The van der Waals surface area contributed by atoms with Crippen molar-refractivity contribution in [2.45, 2.75) is 25.9 Å². The number of benzene rings is 2. The quantitative estimate of drug-likeness (QED) is 0.516. The number of anilines is 1. The first-order valence-electron chi connectivity index (χ1n) is 9.75. The molecule has 2 aromatic carbocycles. The average Bonchev–Trinajstić information content (AvgIpc) is 2.76. The molecule has 0 aliphatic rings. The molecule has 0 saturated heterocycles. The molecule has 9 heteroatoms. The fraction of sp³-hybridized carbons (Fsp3) is 0.174. The maximum absolute atomic E-state index is 13.5. The number of halogens is 1. The first-order valence-corrected chi connectivity index (χ1v) is 9.75. The summed E-state index contributed by atoms with van der Waals surface area (Å²) in [5, 5.41) is 2.48. The molecule has 32 heavy (non-hydrogen) atoms. The normalized spacial score (nSPS) is 11.6. The highest BCUT2D eigenvalue weighted by molar-refractivity contribution is 6.38. The molecular formula is C23H21FN4O4. The third-order valence-corrected chi connectivity index (χ3v) is 4.73. The van der Waals surface area contributed by atoms with Crippen LogP contribution >= 0.6 is 0 Å². The van der Waals surface area contributed by atoms with Crippen LogP contribution in [0.25, 0.3) is 11.4 Å². The Morgan fingerprint density at radius 1 is 1.12 bits per heavy atom. The van der Waals surface area contributed by atoms with Crippen LogP contribution in [0.5, 0.6) is 0 Å². The summed E-state index contributed by atoms with van der Waals surface area (Å²) < 4.78 is 14.6. The minimum atomic E-state index is -1.22. The molecule has 3 aromatic rings. The van der Waals surface area contributed by atoms with Crippen LogP contribution in [0.1, 0.15) is 12.5 Å². The van der Waals surface area contributed by atoms with Gasteiger partial charge in [-0.25, -0.2) is 9.37 Å². The molecule has 0 aliphatic heterocycles. The number of carbonyl (C=O) groups is 3. The summed E-state index contributed by atoms with van der Waals surface area (Å²) in [6, 6.07) is 13.0. The van der Waals surface area contributed by atoms with E-state index in [9.17, 15) is 23.6 Å². The largest absolute Gasteiger partial charge is 0.393 e. The predicted molar refractivity (Wildman–Crippen MR) is 116 cm³/mol. The van der Waals surface area contributed by atoms with Crippen LogP contribution in [0, 0.1) is 5.82 Å². The lowest BCUT2D eigenvalue weighted by Gasteiger charge is -2.18. The number of hydrogen-bond donors (Lipinski definition) is 2. The summed E-state index contributed by atoms with van der Waals surface area (Å²) in [6.07, 6.45) is 1.13. The van der Waals surface area contributed by atoms with Gasteiger partial charge in [0.25, 0.3) is 5.56 Å². The highest BCUT2D eigenvalue weighted by Crippen LogP contribution is 2.15. The number of hydrogen-bond acceptors (Lipinski definition) is 6. The van der Waals surface area contributed by atoms with Gasteiger partial charge in [0.2, 0.25) is 11.7 Å². The van der Waals surface area contributed by atoms with E-state index in [1.54, 1.807) is 36.4 Å². The molecule has 164 valence electrons. The zero-order chi connectivity index (χ0) is 23.3. The van der Waals surface area contributed by atoms with Crippen molar-refractivity contribution in [1.82, 2.24) is 14.9 Å². The van der Waals surface area contributed by atoms with Crippen LogP contribution in [0.2, 0.25) is 0 Å². The van der Waals surface area contributed by atoms with Crippen molar-refractivity contribution in [3.63, 3.8) is 0 Å². The van der Waals surface area contributed by atoms with Crippen LogP contribution in [0.4, 0.5) is 10.1 Å². The van der Waals surface area contributed by atoms with Crippen molar-refractivity contribution < 1.29 is 18.8 Å². The van der Waals surface area contributed by atoms with E-state index in [1.807, 2.05) is 0 Å². The fourth-order valence-electron chi connectivity index (χ4n) is 3.21. The Kier molecular flexibility index (Phi) is 6.89. The van der Waals surface area contributed by atoms with Gasteiger partial charge >= 0.3 is 0 Å². The highest BCUT2D eigenvalue weighted by Gasteiger charge is 2.25. The van der Waals surface area contributed by atoms with E-state index in [0.29, 0.717) is 11.1 Å². The van der Waals surface area contributed by atoms with E-state index >= 15 is 0 Å². The fourth-order valence-corrected chi connectivity index (χ4v) is 3.21. The zero-order valence-electron chi connectivity index (χ0n) is 17.2. The van der Waals surface area contributed by atoms with Crippen LogP contribution in [-0.4, -0.2) is 33.1 Å². The standard InChI is InChI=1S/C23H21FN4O4/c1-14(29)21(31)19(11-15-6-5-9-17(24)10-15)27-20(30)13-28-22(16-7-3-2-4-8-16)26-12-18(25)23(28)32/h2-10,12,19H,11,13,25H2,1H3,(H,27,30). The van der Waals surface area contributed by atoms with E-state index in [-0.39, 0.29) is 17.9 Å². The van der Waals surface area contributed by atoms with E-state index in [0.717, 1.165) is 11.5 Å². The highest BCUT2D eigenvalue weighted by atomic mass is 19.1. The molecule has 8 nitrogen and oxygen atoms in total. The lowest BCUT2D eigenvalue weighted by atomic mass is 10.00. The van der Waals surface area contributed by atoms with Crippen molar-refractivity contribution in [3.05, 3.63) is 82.5 Å². The molecule has 0 spiro atoms. The van der Waals surface area contributed by atoms with Gasteiger partial charge in [0, 0.05) is 18.9 Å². The van der Waals surface area contributed by atoms with E-state index in [1.165, 1.54) is 24.4 Å². The first-order chi connectivity index (χ1) is 15.3. The SMILES string of the molecule is CC(=O)C(=O)C(Cc1cccc(F)c1)NC(=O)Cn1c(-c2ccccc2)ncc(N)c1=O. The number of nitrogens with one attached hydrogen (secondary N) is 1. The number of nitrogen functional groups attached to an aromatic ring is 1. The number of nitrogens with two attached hydrogens (primary N) is 1. The molecule has 0 bridgehead atoms. The molecule has 0 radical (unpaired) electrons. The van der Waals surface area contributed by atoms with Crippen molar-refractivity contribution in [1.29, 1.82) is 0 Å². The Morgan fingerprint density at radius 3 is 2.50 bits per heavy atom. The number of amides is 1. The molecule has 0 aliphatic carbocycles. The van der Waals surface area contributed by atoms with Crippen LogP contribution in [-0.2, 0) is 27.3 Å². The minimum Gasteiger partial charge on any atom is -0.393 e. The monoisotopic (exact) mass is 436 g/mol. The van der Waals surface area contributed by atoms with E-state index < -0.39 is 41.4 Å². The average molecular weight is 436 g/mol. The van der Waals surface area contributed by atoms with Gasteiger partial charge in [0.1, 0.15) is 23.9 Å². The number of aromatic nitrogens is 2. The van der Waals surface area contributed by atoms with Gasteiger partial charge in [-0.3, -0.25) is 23.7 Å². The summed E-state index contributed by atoms with van der Waals surface area (Å²) >= 11 is 0.